The topological polar surface area (TPSA) is 47.7 Å². The zero-order valence-electron chi connectivity index (χ0n) is 12.5. The van der Waals surface area contributed by atoms with Crippen molar-refractivity contribution in [2.24, 2.45) is 5.73 Å². The molecule has 2 heterocycles. The lowest BCUT2D eigenvalue weighted by molar-refractivity contribution is 0.0948. The second-order valence-electron chi connectivity index (χ2n) is 5.78. The number of likely N-dealkylation sites (tertiary alicyclic amines) is 1. The molecule has 2 aliphatic heterocycles. The summed E-state index contributed by atoms with van der Waals surface area (Å²) in [4.78, 5) is 2.58. The Balaban J connectivity index is 1.90. The number of nitrogens with two attached hydrogens (primary N) is 1. The maximum absolute atomic E-state index is 6.12. The smallest absolute Gasteiger partial charge is 0.231 e. The van der Waals surface area contributed by atoms with Crippen LogP contribution < -0.4 is 15.2 Å². The quantitative estimate of drug-likeness (QED) is 0.899. The van der Waals surface area contributed by atoms with Crippen LogP contribution in [-0.4, -0.2) is 30.8 Å². The van der Waals surface area contributed by atoms with E-state index in [0.29, 0.717) is 19.4 Å². The second-order valence-corrected chi connectivity index (χ2v) is 6.64. The molecule has 1 aromatic carbocycles. The summed E-state index contributed by atoms with van der Waals surface area (Å²) in [5.74, 6) is 1.63. The molecule has 2 aliphatic rings. The Morgan fingerprint density at radius 3 is 3.00 bits per heavy atom. The molecular formula is C16H23BrN2O2. The van der Waals surface area contributed by atoms with Crippen molar-refractivity contribution >= 4 is 15.9 Å². The predicted octanol–water partition coefficient (Wildman–Crippen LogP) is 3.44. The number of hydrogen-bond donors (Lipinski definition) is 1. The van der Waals surface area contributed by atoms with Gasteiger partial charge in [0.05, 0.1) is 4.47 Å². The van der Waals surface area contributed by atoms with E-state index in [1.807, 2.05) is 0 Å². The predicted molar refractivity (Wildman–Crippen MR) is 86.7 cm³/mol. The van der Waals surface area contributed by atoms with Crippen molar-refractivity contribution < 1.29 is 9.47 Å². The Labute approximate surface area is 134 Å². The Morgan fingerprint density at radius 1 is 1.38 bits per heavy atom. The number of halogens is 1. The minimum atomic E-state index is 0.251. The number of hydrogen-bond acceptors (Lipinski definition) is 4. The van der Waals surface area contributed by atoms with Crippen LogP contribution in [0, 0.1) is 0 Å². The molecule has 0 radical (unpaired) electrons. The Kier molecular flexibility index (Phi) is 4.72. The molecule has 0 amide bonds. The zero-order chi connectivity index (χ0) is 14.8. The minimum Gasteiger partial charge on any atom is -0.454 e. The van der Waals surface area contributed by atoms with Crippen LogP contribution in [0.25, 0.3) is 0 Å². The van der Waals surface area contributed by atoms with E-state index in [2.05, 4.69) is 39.9 Å². The van der Waals surface area contributed by atoms with Crippen LogP contribution in [0.15, 0.2) is 16.6 Å². The highest BCUT2D eigenvalue weighted by atomic mass is 79.9. The highest BCUT2D eigenvalue weighted by molar-refractivity contribution is 9.10. The molecule has 0 aliphatic carbocycles. The lowest BCUT2D eigenvalue weighted by Crippen LogP contribution is -2.44. The van der Waals surface area contributed by atoms with Gasteiger partial charge in [-0.25, -0.2) is 0 Å². The highest BCUT2D eigenvalue weighted by Crippen LogP contribution is 2.42. The first kappa shape index (κ1) is 15.1. The number of rotatable bonds is 4. The maximum atomic E-state index is 6.12. The van der Waals surface area contributed by atoms with E-state index >= 15 is 0 Å². The Hall–Kier alpha value is -0.780. The van der Waals surface area contributed by atoms with Crippen LogP contribution in [0.1, 0.15) is 44.2 Å². The first-order chi connectivity index (χ1) is 10.2. The van der Waals surface area contributed by atoms with Gasteiger partial charge in [-0.3, -0.25) is 4.90 Å². The molecule has 116 valence electrons. The van der Waals surface area contributed by atoms with E-state index in [1.165, 1.54) is 31.2 Å². The maximum Gasteiger partial charge on any atom is 0.231 e. The third-order valence-electron chi connectivity index (χ3n) is 4.60. The van der Waals surface area contributed by atoms with E-state index < -0.39 is 0 Å². The van der Waals surface area contributed by atoms with Gasteiger partial charge in [0.1, 0.15) is 0 Å². The summed E-state index contributed by atoms with van der Waals surface area (Å²) in [5, 5.41) is 0. The third-order valence-corrected chi connectivity index (χ3v) is 5.19. The molecule has 21 heavy (non-hydrogen) atoms. The van der Waals surface area contributed by atoms with Crippen molar-refractivity contribution in [1.29, 1.82) is 0 Å². The highest BCUT2D eigenvalue weighted by Gasteiger charge is 2.29. The second kappa shape index (κ2) is 6.55. The summed E-state index contributed by atoms with van der Waals surface area (Å²) >= 11 is 3.59. The van der Waals surface area contributed by atoms with Crippen molar-refractivity contribution in [3.63, 3.8) is 0 Å². The number of ether oxygens (including phenoxy) is 2. The fourth-order valence-corrected chi connectivity index (χ4v) is 4.09. The van der Waals surface area contributed by atoms with E-state index in [-0.39, 0.29) is 6.04 Å². The fourth-order valence-electron chi connectivity index (χ4n) is 3.51. The van der Waals surface area contributed by atoms with Gasteiger partial charge < -0.3 is 15.2 Å². The molecule has 2 atom stereocenters. The van der Waals surface area contributed by atoms with Gasteiger partial charge >= 0.3 is 0 Å². The summed E-state index contributed by atoms with van der Waals surface area (Å²) in [6, 6.07) is 5.11. The van der Waals surface area contributed by atoms with E-state index in [0.717, 1.165) is 22.5 Å². The molecule has 0 aromatic heterocycles. The molecule has 1 saturated heterocycles. The number of fused-ring (bicyclic) bond motifs is 1. The lowest BCUT2D eigenvalue weighted by atomic mass is 9.94. The van der Waals surface area contributed by atoms with Gasteiger partial charge in [0.25, 0.3) is 0 Å². The molecule has 2 unspecified atom stereocenters. The molecule has 5 heteroatoms. The van der Waals surface area contributed by atoms with E-state index in [4.69, 9.17) is 15.2 Å². The van der Waals surface area contributed by atoms with Crippen molar-refractivity contribution in [3.05, 3.63) is 22.2 Å². The summed E-state index contributed by atoms with van der Waals surface area (Å²) < 4.78 is 12.0. The average Bonchev–Trinajstić information content (AvgIpc) is 2.98. The molecule has 1 fully saturated rings. The summed E-state index contributed by atoms with van der Waals surface area (Å²) in [6.45, 7) is 4.33. The van der Waals surface area contributed by atoms with Crippen LogP contribution in [0.2, 0.25) is 0 Å². The number of benzene rings is 1. The van der Waals surface area contributed by atoms with Crippen LogP contribution in [0.4, 0.5) is 0 Å². The molecule has 0 spiro atoms. The molecular weight excluding hydrogens is 332 g/mol. The molecule has 2 N–H and O–H groups in total. The molecule has 0 bridgehead atoms. The normalized spacial score (nSPS) is 23.3. The van der Waals surface area contributed by atoms with Gasteiger partial charge in [-0.15, -0.1) is 0 Å². The van der Waals surface area contributed by atoms with Crippen molar-refractivity contribution in [1.82, 2.24) is 4.90 Å². The van der Waals surface area contributed by atoms with Crippen molar-refractivity contribution in [2.45, 2.75) is 44.7 Å². The molecule has 4 nitrogen and oxygen atoms in total. The summed E-state index contributed by atoms with van der Waals surface area (Å²) in [6.07, 6.45) is 5.05. The third kappa shape index (κ3) is 2.91. The average molecular weight is 355 g/mol. The Morgan fingerprint density at radius 2 is 2.24 bits per heavy atom. The summed E-state index contributed by atoms with van der Waals surface area (Å²) in [7, 11) is 0. The van der Waals surface area contributed by atoms with Gasteiger partial charge in [0.2, 0.25) is 6.79 Å². The van der Waals surface area contributed by atoms with Crippen LogP contribution in [0.3, 0.4) is 0 Å². The largest absolute Gasteiger partial charge is 0.454 e. The monoisotopic (exact) mass is 354 g/mol. The van der Waals surface area contributed by atoms with Crippen molar-refractivity contribution in [2.75, 3.05) is 19.9 Å². The van der Waals surface area contributed by atoms with Gasteiger partial charge in [-0.1, -0.05) is 13.3 Å². The van der Waals surface area contributed by atoms with Crippen LogP contribution in [-0.2, 0) is 0 Å². The summed E-state index contributed by atoms with van der Waals surface area (Å²) in [5.41, 5.74) is 7.34. The van der Waals surface area contributed by atoms with E-state index in [9.17, 15) is 0 Å². The SMILES string of the molecule is CCC1CCCCN1C(CN)c1cc(Br)c2c(c1)OCO2. The van der Waals surface area contributed by atoms with Gasteiger partial charge in [-0.2, -0.15) is 0 Å². The minimum absolute atomic E-state index is 0.251. The van der Waals surface area contributed by atoms with Crippen molar-refractivity contribution in [3.8, 4) is 11.5 Å². The molecule has 3 rings (SSSR count). The lowest BCUT2D eigenvalue weighted by Gasteiger charge is -2.41. The van der Waals surface area contributed by atoms with Crippen LogP contribution in [0.5, 0.6) is 11.5 Å². The fraction of sp³-hybridized carbons (Fsp3) is 0.625. The van der Waals surface area contributed by atoms with Gasteiger partial charge in [0, 0.05) is 18.6 Å². The molecule has 1 aromatic rings. The standard InChI is InChI=1S/C16H23BrN2O2/c1-2-12-5-3-4-6-19(12)14(9-18)11-7-13(17)16-15(8-11)20-10-21-16/h7-8,12,14H,2-6,9-10,18H2,1H3. The van der Waals surface area contributed by atoms with Crippen LogP contribution >= 0.6 is 15.9 Å². The van der Waals surface area contributed by atoms with Gasteiger partial charge in [-0.05, 0) is 59.4 Å². The zero-order valence-corrected chi connectivity index (χ0v) is 14.1. The molecule has 0 saturated carbocycles. The number of piperidine rings is 1. The number of nitrogens with zero attached hydrogens (tertiary/aromatic N) is 1. The van der Waals surface area contributed by atoms with Gasteiger partial charge in [0.15, 0.2) is 11.5 Å². The van der Waals surface area contributed by atoms with E-state index in [1.54, 1.807) is 0 Å². The Bertz CT molecular complexity index is 509. The first-order valence-corrected chi connectivity index (χ1v) is 8.58. The first-order valence-electron chi connectivity index (χ1n) is 7.79.